The number of nitrogens with zero attached hydrogens (tertiary/aromatic N) is 2. The van der Waals surface area contributed by atoms with E-state index in [0.717, 1.165) is 11.8 Å². The van der Waals surface area contributed by atoms with Crippen molar-refractivity contribution in [1.29, 1.82) is 0 Å². The van der Waals surface area contributed by atoms with Crippen molar-refractivity contribution in [1.82, 2.24) is 15.1 Å². The highest BCUT2D eigenvalue weighted by Crippen LogP contribution is 2.29. The van der Waals surface area contributed by atoms with Gasteiger partial charge in [-0.15, -0.1) is 0 Å². The van der Waals surface area contributed by atoms with Gasteiger partial charge in [-0.25, -0.2) is 0 Å². The third kappa shape index (κ3) is 5.80. The summed E-state index contributed by atoms with van der Waals surface area (Å²) >= 11 is 0. The van der Waals surface area contributed by atoms with Crippen LogP contribution < -0.4 is 5.32 Å². The van der Waals surface area contributed by atoms with E-state index >= 15 is 0 Å². The Kier molecular flexibility index (Phi) is 6.62. The molecular formula is C16H33N3. The maximum atomic E-state index is 3.65. The van der Waals surface area contributed by atoms with E-state index in [0.29, 0.717) is 0 Å². The van der Waals surface area contributed by atoms with E-state index in [4.69, 9.17) is 0 Å². The number of nitrogens with one attached hydrogen (secondary N) is 1. The van der Waals surface area contributed by atoms with E-state index in [1.54, 1.807) is 0 Å². The minimum Gasteiger partial charge on any atom is -0.315 e. The maximum absolute atomic E-state index is 3.65. The molecule has 0 bridgehead atoms. The van der Waals surface area contributed by atoms with Crippen molar-refractivity contribution in [2.75, 3.05) is 52.9 Å². The van der Waals surface area contributed by atoms with Gasteiger partial charge in [-0.05, 0) is 31.8 Å². The van der Waals surface area contributed by atoms with Crippen molar-refractivity contribution < 1.29 is 0 Å². The zero-order valence-electron chi connectivity index (χ0n) is 13.0. The van der Waals surface area contributed by atoms with Crippen LogP contribution in [0.4, 0.5) is 0 Å². The summed E-state index contributed by atoms with van der Waals surface area (Å²) in [5.41, 5.74) is 0. The second-order valence-corrected chi connectivity index (χ2v) is 6.81. The summed E-state index contributed by atoms with van der Waals surface area (Å²) in [5.74, 6) is 1.99. The zero-order chi connectivity index (χ0) is 13.5. The molecule has 3 heteroatoms. The van der Waals surface area contributed by atoms with E-state index in [9.17, 15) is 0 Å². The summed E-state index contributed by atoms with van der Waals surface area (Å²) in [7, 11) is 2.22. The highest BCUT2D eigenvalue weighted by Gasteiger charge is 2.17. The summed E-state index contributed by atoms with van der Waals surface area (Å²) in [6, 6.07) is 0. The molecule has 0 spiro atoms. The summed E-state index contributed by atoms with van der Waals surface area (Å²) in [6.07, 6.45) is 7.27. The minimum atomic E-state index is 0.987. The second-order valence-electron chi connectivity index (χ2n) is 6.81. The molecule has 112 valence electrons. The van der Waals surface area contributed by atoms with Gasteiger partial charge in [-0.3, -0.25) is 4.90 Å². The molecule has 0 unspecified atom stereocenters. The monoisotopic (exact) mass is 267 g/mol. The van der Waals surface area contributed by atoms with Gasteiger partial charge in [0.25, 0.3) is 0 Å². The normalized spacial score (nSPS) is 30.6. The first-order chi connectivity index (χ1) is 9.24. The predicted octanol–water partition coefficient (Wildman–Crippen LogP) is 2.04. The molecule has 0 atom stereocenters. The number of hydrogen-bond acceptors (Lipinski definition) is 3. The van der Waals surface area contributed by atoms with Crippen molar-refractivity contribution in [2.24, 2.45) is 11.8 Å². The molecule has 1 saturated carbocycles. The minimum absolute atomic E-state index is 0.987. The van der Waals surface area contributed by atoms with Crippen LogP contribution in [0.25, 0.3) is 0 Å². The van der Waals surface area contributed by atoms with Crippen molar-refractivity contribution in [3.05, 3.63) is 0 Å². The third-order valence-electron chi connectivity index (χ3n) is 5.07. The van der Waals surface area contributed by atoms with Gasteiger partial charge in [-0.1, -0.05) is 32.6 Å². The van der Waals surface area contributed by atoms with Crippen LogP contribution in [0.3, 0.4) is 0 Å². The van der Waals surface area contributed by atoms with Gasteiger partial charge < -0.3 is 10.2 Å². The Balaban J connectivity index is 1.44. The molecule has 19 heavy (non-hydrogen) atoms. The molecule has 1 aliphatic heterocycles. The molecule has 0 aromatic carbocycles. The topological polar surface area (TPSA) is 18.5 Å². The van der Waals surface area contributed by atoms with Gasteiger partial charge in [0.2, 0.25) is 0 Å². The van der Waals surface area contributed by atoms with Crippen LogP contribution in [0, 0.1) is 11.8 Å². The first-order valence-corrected chi connectivity index (χ1v) is 8.35. The van der Waals surface area contributed by atoms with Gasteiger partial charge >= 0.3 is 0 Å². The van der Waals surface area contributed by atoms with Crippen molar-refractivity contribution in [3.8, 4) is 0 Å². The molecule has 0 amide bonds. The van der Waals surface area contributed by atoms with Crippen molar-refractivity contribution in [3.63, 3.8) is 0 Å². The molecule has 1 aliphatic carbocycles. The molecule has 3 nitrogen and oxygen atoms in total. The van der Waals surface area contributed by atoms with Gasteiger partial charge in [0, 0.05) is 39.3 Å². The van der Waals surface area contributed by atoms with Gasteiger partial charge in [0.05, 0.1) is 0 Å². The van der Waals surface area contributed by atoms with E-state index in [-0.39, 0.29) is 0 Å². The lowest BCUT2D eigenvalue weighted by atomic mass is 9.81. The van der Waals surface area contributed by atoms with Gasteiger partial charge in [0.15, 0.2) is 0 Å². The molecule has 0 aromatic rings. The largest absolute Gasteiger partial charge is 0.315 e. The van der Waals surface area contributed by atoms with E-state index < -0.39 is 0 Å². The van der Waals surface area contributed by atoms with Crippen LogP contribution in [-0.4, -0.2) is 62.7 Å². The summed E-state index contributed by atoms with van der Waals surface area (Å²) in [6.45, 7) is 11.0. The standard InChI is InChI=1S/C16H33N3/c1-15-3-5-16(6-4-15)7-8-17-9-10-19-13-11-18(2)12-14-19/h15-17H,3-14H2,1-2H3. The smallest absolute Gasteiger partial charge is 0.0110 e. The van der Waals surface area contributed by atoms with Gasteiger partial charge in [-0.2, -0.15) is 0 Å². The van der Waals surface area contributed by atoms with Gasteiger partial charge in [0.1, 0.15) is 0 Å². The van der Waals surface area contributed by atoms with Crippen LogP contribution in [0.15, 0.2) is 0 Å². The van der Waals surface area contributed by atoms with E-state index in [2.05, 4.69) is 29.1 Å². The highest BCUT2D eigenvalue weighted by atomic mass is 15.2. The first kappa shape index (κ1) is 15.3. The van der Waals surface area contributed by atoms with Crippen LogP contribution in [0.5, 0.6) is 0 Å². The van der Waals surface area contributed by atoms with Crippen LogP contribution in [-0.2, 0) is 0 Å². The second kappa shape index (κ2) is 8.23. The summed E-state index contributed by atoms with van der Waals surface area (Å²) in [4.78, 5) is 5.02. The molecule has 2 rings (SSSR count). The van der Waals surface area contributed by atoms with Crippen molar-refractivity contribution in [2.45, 2.75) is 39.0 Å². The molecular weight excluding hydrogens is 234 g/mol. The highest BCUT2D eigenvalue weighted by molar-refractivity contribution is 4.72. The number of hydrogen-bond donors (Lipinski definition) is 1. The SMILES string of the molecule is CC1CCC(CCNCCN2CCN(C)CC2)CC1. The van der Waals surface area contributed by atoms with Crippen LogP contribution >= 0.6 is 0 Å². The van der Waals surface area contributed by atoms with E-state index in [1.807, 2.05) is 0 Å². The zero-order valence-corrected chi connectivity index (χ0v) is 13.0. The number of rotatable bonds is 6. The molecule has 2 aliphatic rings. The lowest BCUT2D eigenvalue weighted by Crippen LogP contribution is -2.46. The predicted molar refractivity (Wildman–Crippen MR) is 82.5 cm³/mol. The Morgan fingerprint density at radius 1 is 0.947 bits per heavy atom. The maximum Gasteiger partial charge on any atom is 0.0110 e. The quantitative estimate of drug-likeness (QED) is 0.743. The van der Waals surface area contributed by atoms with E-state index in [1.165, 1.54) is 77.9 Å². The lowest BCUT2D eigenvalue weighted by molar-refractivity contribution is 0.154. The molecule has 1 heterocycles. The molecule has 1 N–H and O–H groups in total. The molecule has 0 radical (unpaired) electrons. The molecule has 0 aromatic heterocycles. The number of piperazine rings is 1. The van der Waals surface area contributed by atoms with Crippen LogP contribution in [0.2, 0.25) is 0 Å². The third-order valence-corrected chi connectivity index (χ3v) is 5.07. The fourth-order valence-electron chi connectivity index (χ4n) is 3.36. The molecule has 1 saturated heterocycles. The average molecular weight is 267 g/mol. The fraction of sp³-hybridized carbons (Fsp3) is 1.00. The van der Waals surface area contributed by atoms with Crippen LogP contribution in [0.1, 0.15) is 39.0 Å². The Bertz CT molecular complexity index is 204. The van der Waals surface area contributed by atoms with Crippen molar-refractivity contribution >= 4 is 0 Å². The Hall–Kier alpha value is -0.120. The lowest BCUT2D eigenvalue weighted by Gasteiger charge is -2.32. The summed E-state index contributed by atoms with van der Waals surface area (Å²) < 4.78 is 0. The average Bonchev–Trinajstić information content (AvgIpc) is 2.43. The fourth-order valence-corrected chi connectivity index (χ4v) is 3.36. The first-order valence-electron chi connectivity index (χ1n) is 8.35. The Morgan fingerprint density at radius 3 is 2.32 bits per heavy atom. The molecule has 2 fully saturated rings. The number of likely N-dealkylation sites (N-methyl/N-ethyl adjacent to an activating group) is 1. The Morgan fingerprint density at radius 2 is 1.63 bits per heavy atom. The Labute approximate surface area is 119 Å². The summed E-state index contributed by atoms with van der Waals surface area (Å²) in [5, 5.41) is 3.65.